The van der Waals surface area contributed by atoms with Crippen molar-refractivity contribution >= 4 is 6.16 Å². The average molecular weight is 222 g/mol. The van der Waals surface area contributed by atoms with E-state index in [0.29, 0.717) is 18.4 Å². The lowest BCUT2D eigenvalue weighted by Gasteiger charge is -2.27. The standard InChI is InChI=1S/C12H14O4/c1-4-9-6-10(13)7-11(8(9)3)16-12(14)15-5-2/h1,5,10-11,13H,2,6-7H2,3H3/t10-,11+/m0/s1. The molecule has 0 aliphatic heterocycles. The molecule has 4 heteroatoms. The highest BCUT2D eigenvalue weighted by atomic mass is 16.7. The third-order valence-corrected chi connectivity index (χ3v) is 2.48. The van der Waals surface area contributed by atoms with Crippen molar-refractivity contribution in [1.82, 2.24) is 0 Å². The summed E-state index contributed by atoms with van der Waals surface area (Å²) in [4.78, 5) is 11.1. The summed E-state index contributed by atoms with van der Waals surface area (Å²) in [7, 11) is 0. The molecule has 0 amide bonds. The Kier molecular flexibility index (Phi) is 4.15. The molecule has 0 saturated heterocycles. The maximum atomic E-state index is 11.1. The fourth-order valence-corrected chi connectivity index (χ4v) is 1.62. The topological polar surface area (TPSA) is 55.8 Å². The van der Waals surface area contributed by atoms with E-state index in [-0.39, 0.29) is 0 Å². The quantitative estimate of drug-likeness (QED) is 0.439. The Morgan fingerprint density at radius 3 is 3.00 bits per heavy atom. The Bertz CT molecular complexity index is 362. The Morgan fingerprint density at radius 2 is 2.44 bits per heavy atom. The third kappa shape index (κ3) is 2.88. The largest absolute Gasteiger partial charge is 0.513 e. The first-order valence-corrected chi connectivity index (χ1v) is 4.91. The van der Waals surface area contributed by atoms with Crippen LogP contribution in [0.4, 0.5) is 4.79 Å². The minimum atomic E-state index is -0.843. The van der Waals surface area contributed by atoms with Crippen molar-refractivity contribution in [2.75, 3.05) is 0 Å². The van der Waals surface area contributed by atoms with Gasteiger partial charge in [0.2, 0.25) is 0 Å². The molecule has 0 radical (unpaired) electrons. The number of aliphatic hydroxyl groups is 1. The van der Waals surface area contributed by atoms with E-state index in [0.717, 1.165) is 11.8 Å². The molecule has 1 aliphatic carbocycles. The average Bonchev–Trinajstić information content (AvgIpc) is 2.23. The van der Waals surface area contributed by atoms with Crippen LogP contribution in [0.3, 0.4) is 0 Å². The van der Waals surface area contributed by atoms with E-state index in [1.54, 1.807) is 6.92 Å². The van der Waals surface area contributed by atoms with E-state index in [1.807, 2.05) is 0 Å². The minimum Gasteiger partial charge on any atom is -0.426 e. The Labute approximate surface area is 94.6 Å². The summed E-state index contributed by atoms with van der Waals surface area (Å²) in [6.07, 6.45) is 5.10. The molecule has 0 heterocycles. The number of ether oxygens (including phenoxy) is 2. The fourth-order valence-electron chi connectivity index (χ4n) is 1.62. The second-order valence-corrected chi connectivity index (χ2v) is 3.54. The van der Waals surface area contributed by atoms with Gasteiger partial charge in [-0.2, -0.15) is 0 Å². The predicted octanol–water partition coefficient (Wildman–Crippen LogP) is 1.76. The third-order valence-electron chi connectivity index (χ3n) is 2.48. The van der Waals surface area contributed by atoms with Gasteiger partial charge in [0.15, 0.2) is 0 Å². The van der Waals surface area contributed by atoms with Crippen molar-refractivity contribution in [2.45, 2.75) is 32.0 Å². The van der Waals surface area contributed by atoms with Crippen LogP contribution in [0.25, 0.3) is 0 Å². The van der Waals surface area contributed by atoms with Gasteiger partial charge in [-0.05, 0) is 12.5 Å². The van der Waals surface area contributed by atoms with Crippen LogP contribution in [0.5, 0.6) is 0 Å². The van der Waals surface area contributed by atoms with Crippen LogP contribution in [-0.2, 0) is 9.47 Å². The number of aliphatic hydroxyl groups excluding tert-OH is 1. The zero-order chi connectivity index (χ0) is 12.1. The number of rotatable bonds is 2. The SMILES string of the molecule is C#CC1=C(C)[C@H](OC(=O)OC=C)C[C@@H](O)C1. The van der Waals surface area contributed by atoms with Gasteiger partial charge in [-0.15, -0.1) is 6.42 Å². The molecule has 1 aliphatic rings. The Morgan fingerprint density at radius 1 is 1.75 bits per heavy atom. The lowest BCUT2D eigenvalue weighted by atomic mass is 9.89. The first kappa shape index (κ1) is 12.3. The summed E-state index contributed by atoms with van der Waals surface area (Å²) in [5, 5.41) is 9.56. The molecule has 1 N–H and O–H groups in total. The van der Waals surface area contributed by atoms with E-state index in [1.165, 1.54) is 0 Å². The Hall–Kier alpha value is -1.73. The summed E-state index contributed by atoms with van der Waals surface area (Å²) in [5.74, 6) is 2.49. The number of hydrogen-bond acceptors (Lipinski definition) is 4. The zero-order valence-electron chi connectivity index (χ0n) is 9.10. The maximum absolute atomic E-state index is 11.1. The van der Waals surface area contributed by atoms with E-state index >= 15 is 0 Å². The van der Waals surface area contributed by atoms with Gasteiger partial charge in [0.1, 0.15) is 6.10 Å². The smallest absolute Gasteiger partial charge is 0.426 e. The van der Waals surface area contributed by atoms with Crippen molar-refractivity contribution in [1.29, 1.82) is 0 Å². The van der Waals surface area contributed by atoms with Crippen molar-refractivity contribution in [3.05, 3.63) is 24.0 Å². The molecular formula is C12H14O4. The normalized spacial score (nSPS) is 24.6. The summed E-state index contributed by atoms with van der Waals surface area (Å²) in [6, 6.07) is 0. The summed E-state index contributed by atoms with van der Waals surface area (Å²) < 4.78 is 9.44. The lowest BCUT2D eigenvalue weighted by Crippen LogP contribution is -2.30. The van der Waals surface area contributed by atoms with Gasteiger partial charge >= 0.3 is 6.16 Å². The summed E-state index contributed by atoms with van der Waals surface area (Å²) in [6.45, 7) is 5.03. The predicted molar refractivity (Wildman–Crippen MR) is 58.3 cm³/mol. The fraction of sp³-hybridized carbons (Fsp3) is 0.417. The van der Waals surface area contributed by atoms with Crippen LogP contribution in [0.1, 0.15) is 19.8 Å². The molecule has 0 saturated carbocycles. The number of carbonyl (C=O) groups excluding carboxylic acids is 1. The van der Waals surface area contributed by atoms with E-state index in [2.05, 4.69) is 17.2 Å². The Balaban J connectivity index is 2.76. The van der Waals surface area contributed by atoms with Crippen LogP contribution >= 0.6 is 0 Å². The number of hydrogen-bond donors (Lipinski definition) is 1. The highest BCUT2D eigenvalue weighted by Gasteiger charge is 2.28. The molecule has 0 bridgehead atoms. The number of carbonyl (C=O) groups is 1. The van der Waals surface area contributed by atoms with Gasteiger partial charge in [-0.1, -0.05) is 12.5 Å². The van der Waals surface area contributed by atoms with Crippen LogP contribution in [0.2, 0.25) is 0 Å². The molecule has 2 atom stereocenters. The first-order valence-electron chi connectivity index (χ1n) is 4.91. The van der Waals surface area contributed by atoms with Crippen molar-refractivity contribution < 1.29 is 19.4 Å². The second-order valence-electron chi connectivity index (χ2n) is 3.54. The van der Waals surface area contributed by atoms with Gasteiger partial charge < -0.3 is 14.6 Å². The van der Waals surface area contributed by atoms with Gasteiger partial charge in [0.05, 0.1) is 12.4 Å². The monoisotopic (exact) mass is 222 g/mol. The van der Waals surface area contributed by atoms with Gasteiger partial charge in [-0.3, -0.25) is 0 Å². The molecule has 1 rings (SSSR count). The molecule has 0 aromatic rings. The highest BCUT2D eigenvalue weighted by Crippen LogP contribution is 2.27. The molecule has 0 unspecified atom stereocenters. The minimum absolute atomic E-state index is 0.337. The van der Waals surface area contributed by atoms with Crippen molar-refractivity contribution in [3.63, 3.8) is 0 Å². The molecule has 86 valence electrons. The van der Waals surface area contributed by atoms with Gasteiger partial charge in [0, 0.05) is 18.4 Å². The van der Waals surface area contributed by atoms with Crippen LogP contribution in [0, 0.1) is 12.3 Å². The van der Waals surface area contributed by atoms with Crippen LogP contribution < -0.4 is 0 Å². The maximum Gasteiger partial charge on any atom is 0.513 e. The lowest BCUT2D eigenvalue weighted by molar-refractivity contribution is 0.0299. The van der Waals surface area contributed by atoms with Crippen LogP contribution in [0.15, 0.2) is 24.0 Å². The molecule has 16 heavy (non-hydrogen) atoms. The van der Waals surface area contributed by atoms with E-state index < -0.39 is 18.4 Å². The number of terminal acetylenes is 1. The second kappa shape index (κ2) is 5.38. The molecular weight excluding hydrogens is 208 g/mol. The molecule has 0 spiro atoms. The van der Waals surface area contributed by atoms with Crippen LogP contribution in [-0.4, -0.2) is 23.5 Å². The van der Waals surface area contributed by atoms with E-state index in [9.17, 15) is 9.90 Å². The zero-order valence-corrected chi connectivity index (χ0v) is 9.10. The van der Waals surface area contributed by atoms with Crippen molar-refractivity contribution in [2.24, 2.45) is 0 Å². The molecule has 0 fully saturated rings. The van der Waals surface area contributed by atoms with Crippen molar-refractivity contribution in [3.8, 4) is 12.3 Å². The van der Waals surface area contributed by atoms with Gasteiger partial charge in [0.25, 0.3) is 0 Å². The summed E-state index contributed by atoms with van der Waals surface area (Å²) in [5.41, 5.74) is 1.46. The highest BCUT2D eigenvalue weighted by molar-refractivity contribution is 5.61. The molecule has 4 nitrogen and oxygen atoms in total. The van der Waals surface area contributed by atoms with E-state index in [4.69, 9.17) is 11.2 Å². The summed E-state index contributed by atoms with van der Waals surface area (Å²) >= 11 is 0. The van der Waals surface area contributed by atoms with Gasteiger partial charge in [-0.25, -0.2) is 4.79 Å². The molecule has 0 aromatic carbocycles. The first-order chi connectivity index (χ1) is 7.58. The molecule has 0 aromatic heterocycles.